The Balaban J connectivity index is 2.58. The van der Waals surface area contributed by atoms with Crippen molar-refractivity contribution in [2.45, 2.75) is 17.7 Å². The molecular formula is C16H14Cl2N2O6S. The highest BCUT2D eigenvalue weighted by molar-refractivity contribution is 7.93. The van der Waals surface area contributed by atoms with Gasteiger partial charge in [0.2, 0.25) is 0 Å². The van der Waals surface area contributed by atoms with Gasteiger partial charge in [-0.2, -0.15) is 0 Å². The summed E-state index contributed by atoms with van der Waals surface area (Å²) in [4.78, 5) is 20.7. The van der Waals surface area contributed by atoms with Crippen molar-refractivity contribution >= 4 is 50.6 Å². The Hall–Kier alpha value is -2.36. The van der Waals surface area contributed by atoms with Gasteiger partial charge < -0.3 is 5.11 Å². The molecular weight excluding hydrogens is 419 g/mol. The largest absolute Gasteiger partial charge is 0.481 e. The van der Waals surface area contributed by atoms with E-state index in [2.05, 4.69) is 0 Å². The van der Waals surface area contributed by atoms with E-state index in [4.69, 9.17) is 28.3 Å². The van der Waals surface area contributed by atoms with Gasteiger partial charge in [-0.25, -0.2) is 8.42 Å². The molecule has 0 unspecified atom stereocenters. The van der Waals surface area contributed by atoms with Crippen molar-refractivity contribution in [2.24, 2.45) is 0 Å². The maximum absolute atomic E-state index is 13.1. The SMILES string of the molecule is O=C(O)CCCN(c1cc(Cl)cc(Cl)c1)S(=O)(=O)c1ccccc1[N+](=O)[O-]. The molecule has 0 radical (unpaired) electrons. The number of carbonyl (C=O) groups is 1. The monoisotopic (exact) mass is 432 g/mol. The van der Waals surface area contributed by atoms with Gasteiger partial charge in [-0.15, -0.1) is 0 Å². The molecule has 0 aliphatic rings. The van der Waals surface area contributed by atoms with Gasteiger partial charge >= 0.3 is 5.97 Å². The lowest BCUT2D eigenvalue weighted by Crippen LogP contribution is -2.32. The number of carboxylic acid groups (broad SMARTS) is 1. The van der Waals surface area contributed by atoms with Crippen LogP contribution in [0.2, 0.25) is 10.0 Å². The summed E-state index contributed by atoms with van der Waals surface area (Å²) in [6.07, 6.45) is -0.295. The molecule has 0 amide bonds. The number of benzene rings is 2. The van der Waals surface area contributed by atoms with Crippen LogP contribution in [-0.2, 0) is 14.8 Å². The van der Waals surface area contributed by atoms with E-state index >= 15 is 0 Å². The Labute approximate surface area is 165 Å². The summed E-state index contributed by atoms with van der Waals surface area (Å²) in [5.74, 6) is -1.10. The van der Waals surface area contributed by atoms with E-state index in [1.165, 1.54) is 30.3 Å². The minimum absolute atomic E-state index is 0.0146. The Morgan fingerprint density at radius 3 is 2.30 bits per heavy atom. The van der Waals surface area contributed by atoms with Crippen LogP contribution in [0.5, 0.6) is 0 Å². The molecule has 8 nitrogen and oxygen atoms in total. The maximum Gasteiger partial charge on any atom is 0.303 e. The predicted octanol–water partition coefficient (Wildman–Crippen LogP) is 3.96. The first-order valence-corrected chi connectivity index (χ1v) is 9.76. The van der Waals surface area contributed by atoms with Crippen molar-refractivity contribution in [2.75, 3.05) is 10.8 Å². The number of anilines is 1. The zero-order valence-corrected chi connectivity index (χ0v) is 16.0. The third-order valence-corrected chi connectivity index (χ3v) is 5.83. The summed E-state index contributed by atoms with van der Waals surface area (Å²) in [5.41, 5.74) is -0.509. The van der Waals surface area contributed by atoms with E-state index in [1.807, 2.05) is 0 Å². The normalized spacial score (nSPS) is 11.2. The van der Waals surface area contributed by atoms with E-state index in [0.717, 1.165) is 16.4 Å². The molecule has 0 spiro atoms. The van der Waals surface area contributed by atoms with Crippen molar-refractivity contribution < 1.29 is 23.2 Å². The first kappa shape index (κ1) is 20.9. The molecule has 0 fully saturated rings. The molecule has 0 saturated heterocycles. The number of nitro benzene ring substituents is 1. The number of halogens is 2. The van der Waals surface area contributed by atoms with Crippen LogP contribution < -0.4 is 4.31 Å². The van der Waals surface area contributed by atoms with E-state index in [9.17, 15) is 23.3 Å². The second-order valence-corrected chi connectivity index (χ2v) is 8.13. The van der Waals surface area contributed by atoms with Gasteiger partial charge in [0.1, 0.15) is 0 Å². The van der Waals surface area contributed by atoms with Crippen LogP contribution in [0.1, 0.15) is 12.8 Å². The fourth-order valence-corrected chi connectivity index (χ4v) is 4.55. The molecule has 2 aromatic carbocycles. The second kappa shape index (κ2) is 8.55. The Morgan fingerprint density at radius 2 is 1.74 bits per heavy atom. The van der Waals surface area contributed by atoms with E-state index in [1.54, 1.807) is 0 Å². The van der Waals surface area contributed by atoms with Gasteiger partial charge in [0, 0.05) is 29.1 Å². The zero-order chi connectivity index (χ0) is 20.2. The highest BCUT2D eigenvalue weighted by atomic mass is 35.5. The van der Waals surface area contributed by atoms with Crippen LogP contribution in [0.3, 0.4) is 0 Å². The molecule has 144 valence electrons. The standard InChI is InChI=1S/C16H14Cl2N2O6S/c17-11-8-12(18)10-13(9-11)19(7-3-6-16(21)22)27(25,26)15-5-2-1-4-14(15)20(23)24/h1-2,4-5,8-10H,3,6-7H2,(H,21,22). The van der Waals surface area contributed by atoms with Crippen LogP contribution in [0.25, 0.3) is 0 Å². The minimum Gasteiger partial charge on any atom is -0.481 e. The van der Waals surface area contributed by atoms with Crippen LogP contribution in [0.15, 0.2) is 47.4 Å². The third kappa shape index (κ3) is 5.09. The lowest BCUT2D eigenvalue weighted by atomic mass is 10.3. The van der Waals surface area contributed by atoms with E-state index in [-0.39, 0.29) is 35.1 Å². The number of nitro groups is 1. The van der Waals surface area contributed by atoms with Crippen molar-refractivity contribution in [1.82, 2.24) is 0 Å². The summed E-state index contributed by atoms with van der Waals surface area (Å²) in [5, 5.41) is 20.4. The van der Waals surface area contributed by atoms with Crippen molar-refractivity contribution in [3.05, 3.63) is 62.6 Å². The number of carboxylic acids is 1. The summed E-state index contributed by atoms with van der Waals surface area (Å²) < 4.78 is 27.2. The number of aliphatic carboxylic acids is 1. The smallest absolute Gasteiger partial charge is 0.303 e. The molecule has 0 atom stereocenters. The van der Waals surface area contributed by atoms with Gasteiger partial charge in [-0.1, -0.05) is 35.3 Å². The zero-order valence-electron chi connectivity index (χ0n) is 13.7. The summed E-state index contributed by atoms with van der Waals surface area (Å²) in [7, 11) is -4.38. The van der Waals surface area contributed by atoms with Gasteiger partial charge in [-0.05, 0) is 30.7 Å². The van der Waals surface area contributed by atoms with Crippen molar-refractivity contribution in [3.63, 3.8) is 0 Å². The molecule has 0 saturated carbocycles. The molecule has 0 heterocycles. The van der Waals surface area contributed by atoms with Gasteiger partial charge in [0.05, 0.1) is 10.6 Å². The van der Waals surface area contributed by atoms with Crippen molar-refractivity contribution in [1.29, 1.82) is 0 Å². The summed E-state index contributed by atoms with van der Waals surface area (Å²) in [6.45, 7) is -0.225. The maximum atomic E-state index is 13.1. The van der Waals surface area contributed by atoms with Crippen LogP contribution in [0, 0.1) is 10.1 Å². The Bertz CT molecular complexity index is 960. The van der Waals surface area contributed by atoms with Crippen LogP contribution in [0.4, 0.5) is 11.4 Å². The number of nitrogens with zero attached hydrogens (tertiary/aromatic N) is 2. The third-order valence-electron chi connectivity index (χ3n) is 3.52. The predicted molar refractivity (Wildman–Crippen MR) is 101 cm³/mol. The topological polar surface area (TPSA) is 118 Å². The molecule has 1 N–H and O–H groups in total. The van der Waals surface area contributed by atoms with Gasteiger partial charge in [0.15, 0.2) is 4.90 Å². The number of para-hydroxylation sites is 1. The summed E-state index contributed by atoms with van der Waals surface area (Å²) >= 11 is 11.9. The molecule has 11 heteroatoms. The number of hydrogen-bond acceptors (Lipinski definition) is 5. The lowest BCUT2D eigenvalue weighted by molar-refractivity contribution is -0.387. The fraction of sp³-hybridized carbons (Fsp3) is 0.188. The molecule has 0 aliphatic carbocycles. The molecule has 0 bridgehead atoms. The molecule has 27 heavy (non-hydrogen) atoms. The Morgan fingerprint density at radius 1 is 1.15 bits per heavy atom. The summed E-state index contributed by atoms with van der Waals surface area (Å²) in [6, 6.07) is 8.97. The Kier molecular flexibility index (Phi) is 6.63. The highest BCUT2D eigenvalue weighted by Crippen LogP contribution is 2.33. The van der Waals surface area contributed by atoms with Gasteiger partial charge in [-0.3, -0.25) is 19.2 Å². The highest BCUT2D eigenvalue weighted by Gasteiger charge is 2.32. The van der Waals surface area contributed by atoms with Crippen molar-refractivity contribution in [3.8, 4) is 0 Å². The number of hydrogen-bond donors (Lipinski definition) is 1. The van der Waals surface area contributed by atoms with Gasteiger partial charge in [0.25, 0.3) is 15.7 Å². The number of rotatable bonds is 8. The van der Waals surface area contributed by atoms with E-state index < -0.39 is 31.5 Å². The average Bonchev–Trinajstić information content (AvgIpc) is 2.57. The molecule has 2 aromatic rings. The first-order valence-electron chi connectivity index (χ1n) is 7.57. The minimum atomic E-state index is -4.38. The first-order chi connectivity index (χ1) is 12.6. The average molecular weight is 433 g/mol. The molecule has 0 aromatic heterocycles. The van der Waals surface area contributed by atoms with E-state index in [0.29, 0.717) is 0 Å². The van der Waals surface area contributed by atoms with Crippen LogP contribution >= 0.6 is 23.2 Å². The quantitative estimate of drug-likeness (QED) is 0.497. The molecule has 2 rings (SSSR count). The molecule has 0 aliphatic heterocycles. The lowest BCUT2D eigenvalue weighted by Gasteiger charge is -2.24. The second-order valence-electron chi connectivity index (χ2n) is 5.43. The fourth-order valence-electron chi connectivity index (χ4n) is 2.39. The number of sulfonamides is 1. The van der Waals surface area contributed by atoms with Crippen LogP contribution in [-0.4, -0.2) is 31.0 Å².